The summed E-state index contributed by atoms with van der Waals surface area (Å²) >= 11 is 0. The van der Waals surface area contributed by atoms with Crippen LogP contribution >= 0.6 is 0 Å². The zero-order valence-corrected chi connectivity index (χ0v) is 16.2. The van der Waals surface area contributed by atoms with Gasteiger partial charge in [-0.1, -0.05) is 42.5 Å². The van der Waals surface area contributed by atoms with Crippen LogP contribution in [0.25, 0.3) is 0 Å². The summed E-state index contributed by atoms with van der Waals surface area (Å²) in [5.74, 6) is -0.901. The summed E-state index contributed by atoms with van der Waals surface area (Å²) in [5.41, 5.74) is 1.79. The summed E-state index contributed by atoms with van der Waals surface area (Å²) in [6, 6.07) is 20.2. The summed E-state index contributed by atoms with van der Waals surface area (Å²) in [6.07, 6.45) is 0. The molecule has 8 heteroatoms. The lowest BCUT2D eigenvalue weighted by Crippen LogP contribution is -2.21. The minimum absolute atomic E-state index is 0.110. The van der Waals surface area contributed by atoms with Crippen LogP contribution in [0.5, 0.6) is 0 Å². The summed E-state index contributed by atoms with van der Waals surface area (Å²) in [5, 5.41) is 19.7. The van der Waals surface area contributed by atoms with Gasteiger partial charge >= 0.3 is 0 Å². The van der Waals surface area contributed by atoms with Crippen LogP contribution in [0, 0.1) is 10.1 Å². The molecule has 8 nitrogen and oxygen atoms in total. The van der Waals surface area contributed by atoms with Crippen molar-refractivity contribution in [2.75, 3.05) is 17.7 Å². The van der Waals surface area contributed by atoms with Crippen LogP contribution in [0.2, 0.25) is 0 Å². The number of hydrogen-bond acceptors (Lipinski definition) is 5. The lowest BCUT2D eigenvalue weighted by Gasteiger charge is -2.11. The summed E-state index contributed by atoms with van der Waals surface area (Å²) < 4.78 is 0. The first-order valence-electron chi connectivity index (χ1n) is 9.18. The van der Waals surface area contributed by atoms with Crippen molar-refractivity contribution >= 4 is 28.9 Å². The van der Waals surface area contributed by atoms with Crippen molar-refractivity contribution in [2.24, 2.45) is 0 Å². The van der Waals surface area contributed by atoms with Crippen LogP contribution < -0.4 is 16.0 Å². The van der Waals surface area contributed by atoms with Gasteiger partial charge in [0.05, 0.1) is 16.2 Å². The molecule has 152 valence electrons. The number of carbonyl (C=O) groups is 2. The SMILES string of the molecule is CNC(=O)c1ccccc1NC(=O)c1ccc(NCc2ccccc2)c([N+](=O)[O-])c1. The molecule has 0 aliphatic carbocycles. The van der Waals surface area contributed by atoms with Crippen LogP contribution in [0.4, 0.5) is 17.1 Å². The van der Waals surface area contributed by atoms with E-state index >= 15 is 0 Å². The van der Waals surface area contributed by atoms with Gasteiger partial charge in [0, 0.05) is 25.2 Å². The van der Waals surface area contributed by atoms with E-state index < -0.39 is 10.8 Å². The Bertz CT molecular complexity index is 1080. The lowest BCUT2D eigenvalue weighted by atomic mass is 10.1. The van der Waals surface area contributed by atoms with Gasteiger partial charge in [0.15, 0.2) is 0 Å². The molecule has 0 saturated carbocycles. The Hall–Kier alpha value is -4.20. The second-order valence-electron chi connectivity index (χ2n) is 6.41. The van der Waals surface area contributed by atoms with Gasteiger partial charge in [-0.25, -0.2) is 0 Å². The third-order valence-corrected chi connectivity index (χ3v) is 4.43. The largest absolute Gasteiger partial charge is 0.375 e. The Morgan fingerprint density at radius 2 is 1.60 bits per heavy atom. The fourth-order valence-electron chi connectivity index (χ4n) is 2.89. The molecule has 0 radical (unpaired) electrons. The number of anilines is 2. The highest BCUT2D eigenvalue weighted by Gasteiger charge is 2.19. The molecule has 0 unspecified atom stereocenters. The minimum atomic E-state index is -0.552. The van der Waals surface area contributed by atoms with E-state index in [1.807, 2.05) is 30.3 Å². The smallest absolute Gasteiger partial charge is 0.293 e. The van der Waals surface area contributed by atoms with Gasteiger partial charge in [-0.3, -0.25) is 19.7 Å². The molecule has 0 spiro atoms. The lowest BCUT2D eigenvalue weighted by molar-refractivity contribution is -0.384. The maximum Gasteiger partial charge on any atom is 0.293 e. The van der Waals surface area contributed by atoms with Crippen molar-refractivity contribution < 1.29 is 14.5 Å². The van der Waals surface area contributed by atoms with Gasteiger partial charge < -0.3 is 16.0 Å². The first-order valence-corrected chi connectivity index (χ1v) is 9.18. The van der Waals surface area contributed by atoms with Gasteiger partial charge in [0.25, 0.3) is 17.5 Å². The summed E-state index contributed by atoms with van der Waals surface area (Å²) in [4.78, 5) is 35.6. The summed E-state index contributed by atoms with van der Waals surface area (Å²) in [7, 11) is 1.49. The van der Waals surface area contributed by atoms with E-state index in [1.165, 1.54) is 25.2 Å². The molecule has 3 rings (SSSR count). The average Bonchev–Trinajstić information content (AvgIpc) is 2.78. The van der Waals surface area contributed by atoms with Gasteiger partial charge in [0.1, 0.15) is 5.69 Å². The number of nitrogens with zero attached hydrogens (tertiary/aromatic N) is 1. The van der Waals surface area contributed by atoms with Crippen LogP contribution in [-0.2, 0) is 6.54 Å². The van der Waals surface area contributed by atoms with Crippen molar-refractivity contribution in [3.05, 3.63) is 99.6 Å². The molecule has 3 aromatic rings. The number of para-hydroxylation sites is 1. The normalized spacial score (nSPS) is 10.2. The first-order chi connectivity index (χ1) is 14.5. The van der Waals surface area contributed by atoms with E-state index in [4.69, 9.17) is 0 Å². The Morgan fingerprint density at radius 3 is 2.30 bits per heavy atom. The van der Waals surface area contributed by atoms with Crippen molar-refractivity contribution in [3.63, 3.8) is 0 Å². The molecule has 0 heterocycles. The van der Waals surface area contributed by atoms with E-state index in [9.17, 15) is 19.7 Å². The molecule has 3 aromatic carbocycles. The van der Waals surface area contributed by atoms with Crippen molar-refractivity contribution in [1.82, 2.24) is 5.32 Å². The maximum absolute atomic E-state index is 12.7. The van der Waals surface area contributed by atoms with E-state index in [0.29, 0.717) is 23.5 Å². The monoisotopic (exact) mass is 404 g/mol. The average molecular weight is 404 g/mol. The van der Waals surface area contributed by atoms with Gasteiger partial charge in [-0.2, -0.15) is 0 Å². The number of nitro groups is 1. The third-order valence-electron chi connectivity index (χ3n) is 4.43. The predicted octanol–water partition coefficient (Wildman–Crippen LogP) is 3.82. The molecule has 3 N–H and O–H groups in total. The maximum atomic E-state index is 12.7. The predicted molar refractivity (Wildman–Crippen MR) is 115 cm³/mol. The fourth-order valence-corrected chi connectivity index (χ4v) is 2.89. The molecule has 0 fully saturated rings. The van der Waals surface area contributed by atoms with Crippen LogP contribution in [0.1, 0.15) is 26.3 Å². The van der Waals surface area contributed by atoms with E-state index in [0.717, 1.165) is 5.56 Å². The number of amides is 2. The topological polar surface area (TPSA) is 113 Å². The van der Waals surface area contributed by atoms with E-state index in [2.05, 4.69) is 16.0 Å². The van der Waals surface area contributed by atoms with Gasteiger partial charge in [0.2, 0.25) is 0 Å². The number of nitrogens with one attached hydrogen (secondary N) is 3. The van der Waals surface area contributed by atoms with Gasteiger partial charge in [-0.15, -0.1) is 0 Å². The number of benzene rings is 3. The number of rotatable bonds is 7. The fraction of sp³-hybridized carbons (Fsp3) is 0.0909. The Labute approximate surface area is 173 Å². The zero-order valence-electron chi connectivity index (χ0n) is 16.2. The molecule has 0 aliphatic rings. The standard InChI is InChI=1S/C22H20N4O4/c1-23-22(28)17-9-5-6-10-18(17)25-21(27)16-11-12-19(20(13-16)26(29)30)24-14-15-7-3-2-4-8-15/h2-13,24H,14H2,1H3,(H,23,28)(H,25,27). The van der Waals surface area contributed by atoms with E-state index in [-0.39, 0.29) is 17.2 Å². The Kier molecular flexibility index (Phi) is 6.39. The molecule has 0 aliphatic heterocycles. The number of nitro benzene ring substituents is 1. The van der Waals surface area contributed by atoms with Crippen molar-refractivity contribution in [1.29, 1.82) is 0 Å². The molecular formula is C22H20N4O4. The van der Waals surface area contributed by atoms with Crippen molar-refractivity contribution in [3.8, 4) is 0 Å². The first kappa shape index (κ1) is 20.5. The molecule has 2 amide bonds. The van der Waals surface area contributed by atoms with Crippen LogP contribution in [0.15, 0.2) is 72.8 Å². The molecular weight excluding hydrogens is 384 g/mol. The highest BCUT2D eigenvalue weighted by atomic mass is 16.6. The Balaban J connectivity index is 1.81. The molecule has 0 aromatic heterocycles. The van der Waals surface area contributed by atoms with Crippen molar-refractivity contribution in [2.45, 2.75) is 6.54 Å². The van der Waals surface area contributed by atoms with Crippen LogP contribution in [-0.4, -0.2) is 23.8 Å². The molecule has 0 saturated heterocycles. The number of hydrogen-bond donors (Lipinski definition) is 3. The summed E-state index contributed by atoms with van der Waals surface area (Å²) in [6.45, 7) is 0.409. The third kappa shape index (κ3) is 4.79. The molecule has 30 heavy (non-hydrogen) atoms. The zero-order chi connectivity index (χ0) is 21.5. The second kappa shape index (κ2) is 9.33. The quantitative estimate of drug-likeness (QED) is 0.409. The van der Waals surface area contributed by atoms with Crippen LogP contribution in [0.3, 0.4) is 0 Å². The second-order valence-corrected chi connectivity index (χ2v) is 6.41. The van der Waals surface area contributed by atoms with E-state index in [1.54, 1.807) is 24.3 Å². The van der Waals surface area contributed by atoms with Gasteiger partial charge in [-0.05, 0) is 29.8 Å². The minimum Gasteiger partial charge on any atom is -0.375 e. The molecule has 0 atom stereocenters. The highest BCUT2D eigenvalue weighted by molar-refractivity contribution is 6.09. The Morgan fingerprint density at radius 1 is 0.900 bits per heavy atom. The number of carbonyl (C=O) groups excluding carboxylic acids is 2. The molecule has 0 bridgehead atoms. The highest BCUT2D eigenvalue weighted by Crippen LogP contribution is 2.27.